The molecule has 154 valence electrons. The molecule has 4 rings (SSSR count). The van der Waals surface area contributed by atoms with Crippen molar-refractivity contribution < 1.29 is 9.47 Å². The molecule has 0 atom stereocenters. The second-order valence-corrected chi connectivity index (χ2v) is 10.3. The van der Waals surface area contributed by atoms with Gasteiger partial charge in [0, 0.05) is 0 Å². The lowest BCUT2D eigenvalue weighted by Gasteiger charge is -2.26. The standard InChI is InChI=1S/C11H14O2.C8H16.C7H8/c1-11(2,3)8-4-5-9-10(6-8)13-7-12-9;1-7(2,3)8(4)5-6-8;1-7-5-3-2-4-6-7/h4-6H,7H2,1-3H3;5-6H2,1-4H3;2-6H,1H3. The highest BCUT2D eigenvalue weighted by atomic mass is 16.7. The van der Waals surface area contributed by atoms with Crippen LogP contribution in [0, 0.1) is 17.8 Å². The molecule has 1 heterocycles. The van der Waals surface area contributed by atoms with Crippen molar-refractivity contribution in [3.05, 3.63) is 59.7 Å². The minimum atomic E-state index is 0.168. The SMILES string of the molecule is CC(C)(C)C1(C)CC1.CC(C)(C)c1ccc2c(c1)OCO2.Cc1ccccc1. The second kappa shape index (κ2) is 8.59. The average molecular weight is 383 g/mol. The normalized spacial score (nSPS) is 16.3. The molecule has 0 unspecified atom stereocenters. The summed E-state index contributed by atoms with van der Waals surface area (Å²) >= 11 is 0. The molecule has 1 saturated carbocycles. The van der Waals surface area contributed by atoms with Crippen LogP contribution < -0.4 is 9.47 Å². The van der Waals surface area contributed by atoms with Gasteiger partial charge in [0.15, 0.2) is 11.5 Å². The Bertz CT molecular complexity index is 741. The molecule has 0 aromatic heterocycles. The van der Waals surface area contributed by atoms with Crippen molar-refractivity contribution in [3.63, 3.8) is 0 Å². The Morgan fingerprint density at radius 3 is 1.75 bits per heavy atom. The third-order valence-electron chi connectivity index (χ3n) is 5.99. The van der Waals surface area contributed by atoms with E-state index in [9.17, 15) is 0 Å². The summed E-state index contributed by atoms with van der Waals surface area (Å²) in [7, 11) is 0. The Labute approximate surface area is 172 Å². The quantitative estimate of drug-likeness (QED) is 0.468. The zero-order chi connectivity index (χ0) is 21.0. The van der Waals surface area contributed by atoms with Crippen LogP contribution in [-0.2, 0) is 5.41 Å². The topological polar surface area (TPSA) is 18.5 Å². The average Bonchev–Trinajstić information content (AvgIpc) is 3.20. The van der Waals surface area contributed by atoms with E-state index in [1.54, 1.807) is 0 Å². The number of aryl methyl sites for hydroxylation is 1. The van der Waals surface area contributed by atoms with Gasteiger partial charge in [-0.3, -0.25) is 0 Å². The van der Waals surface area contributed by atoms with Crippen LogP contribution in [0.3, 0.4) is 0 Å². The monoisotopic (exact) mass is 382 g/mol. The minimum absolute atomic E-state index is 0.168. The van der Waals surface area contributed by atoms with Gasteiger partial charge in [0.1, 0.15) is 0 Å². The molecule has 28 heavy (non-hydrogen) atoms. The molecule has 0 N–H and O–H groups in total. The highest BCUT2D eigenvalue weighted by molar-refractivity contribution is 5.46. The predicted octanol–water partition coefficient (Wildman–Crippen LogP) is 7.54. The van der Waals surface area contributed by atoms with E-state index >= 15 is 0 Å². The number of rotatable bonds is 0. The molecular weight excluding hydrogens is 344 g/mol. The number of hydrogen-bond donors (Lipinski definition) is 0. The van der Waals surface area contributed by atoms with Crippen molar-refractivity contribution in [2.75, 3.05) is 6.79 Å². The summed E-state index contributed by atoms with van der Waals surface area (Å²) in [6, 6.07) is 16.4. The molecule has 2 aromatic rings. The molecule has 0 amide bonds. The smallest absolute Gasteiger partial charge is 0.231 e. The van der Waals surface area contributed by atoms with Gasteiger partial charge in [-0.05, 0) is 53.7 Å². The lowest BCUT2D eigenvalue weighted by Crippen LogP contribution is -2.17. The summed E-state index contributed by atoms with van der Waals surface area (Å²) in [5.41, 5.74) is 4.00. The molecule has 1 aliphatic carbocycles. The Morgan fingerprint density at radius 2 is 1.36 bits per heavy atom. The van der Waals surface area contributed by atoms with E-state index < -0.39 is 0 Å². The lowest BCUT2D eigenvalue weighted by atomic mass is 9.79. The van der Waals surface area contributed by atoms with Crippen LogP contribution in [0.1, 0.15) is 72.4 Å². The molecule has 1 fully saturated rings. The van der Waals surface area contributed by atoms with Gasteiger partial charge in [-0.1, -0.05) is 90.4 Å². The Kier molecular flexibility index (Phi) is 6.85. The fourth-order valence-corrected chi connectivity index (χ4v) is 2.83. The second-order valence-electron chi connectivity index (χ2n) is 10.3. The zero-order valence-corrected chi connectivity index (χ0v) is 19.1. The summed E-state index contributed by atoms with van der Waals surface area (Å²) in [6.07, 6.45) is 2.88. The summed E-state index contributed by atoms with van der Waals surface area (Å²) < 4.78 is 10.6. The maximum absolute atomic E-state index is 5.31. The Hall–Kier alpha value is -1.96. The first-order valence-corrected chi connectivity index (χ1v) is 10.3. The summed E-state index contributed by atoms with van der Waals surface area (Å²) in [4.78, 5) is 0. The van der Waals surface area contributed by atoms with Gasteiger partial charge in [0.2, 0.25) is 6.79 Å². The van der Waals surface area contributed by atoms with Crippen LogP contribution in [0.25, 0.3) is 0 Å². The summed E-state index contributed by atoms with van der Waals surface area (Å²) in [6.45, 7) is 18.4. The van der Waals surface area contributed by atoms with Crippen molar-refractivity contribution in [1.29, 1.82) is 0 Å². The lowest BCUT2D eigenvalue weighted by molar-refractivity contribution is 0.174. The molecule has 0 saturated heterocycles. The Morgan fingerprint density at radius 1 is 0.786 bits per heavy atom. The van der Waals surface area contributed by atoms with Crippen molar-refractivity contribution in [1.82, 2.24) is 0 Å². The van der Waals surface area contributed by atoms with E-state index in [0.29, 0.717) is 17.6 Å². The molecule has 2 aromatic carbocycles. The van der Waals surface area contributed by atoms with E-state index in [-0.39, 0.29) is 5.41 Å². The molecule has 1 aliphatic heterocycles. The maximum Gasteiger partial charge on any atom is 0.231 e. The zero-order valence-electron chi connectivity index (χ0n) is 19.1. The first-order chi connectivity index (χ1) is 12.9. The van der Waals surface area contributed by atoms with E-state index in [1.807, 2.05) is 24.3 Å². The third kappa shape index (κ3) is 6.29. The van der Waals surface area contributed by atoms with Gasteiger partial charge in [-0.15, -0.1) is 0 Å². The van der Waals surface area contributed by atoms with E-state index in [0.717, 1.165) is 11.5 Å². The predicted molar refractivity (Wildman–Crippen MR) is 119 cm³/mol. The van der Waals surface area contributed by atoms with Crippen LogP contribution in [0.4, 0.5) is 0 Å². The highest BCUT2D eigenvalue weighted by Crippen LogP contribution is 2.57. The van der Waals surface area contributed by atoms with Gasteiger partial charge in [-0.2, -0.15) is 0 Å². The van der Waals surface area contributed by atoms with Gasteiger partial charge in [0.25, 0.3) is 0 Å². The minimum Gasteiger partial charge on any atom is -0.454 e. The van der Waals surface area contributed by atoms with Gasteiger partial charge >= 0.3 is 0 Å². The first-order valence-electron chi connectivity index (χ1n) is 10.3. The van der Waals surface area contributed by atoms with Crippen LogP contribution in [0.5, 0.6) is 11.5 Å². The Balaban J connectivity index is 0.000000161. The van der Waals surface area contributed by atoms with Crippen molar-refractivity contribution >= 4 is 0 Å². The van der Waals surface area contributed by atoms with Crippen molar-refractivity contribution in [3.8, 4) is 11.5 Å². The molecule has 2 aliphatic rings. The first kappa shape index (κ1) is 22.3. The molecular formula is C26H38O2. The third-order valence-corrected chi connectivity index (χ3v) is 5.99. The maximum atomic E-state index is 5.31. The molecule has 0 bridgehead atoms. The molecule has 2 nitrogen and oxygen atoms in total. The largest absolute Gasteiger partial charge is 0.454 e. The van der Waals surface area contributed by atoms with Gasteiger partial charge < -0.3 is 9.47 Å². The molecule has 0 spiro atoms. The van der Waals surface area contributed by atoms with Crippen LogP contribution >= 0.6 is 0 Å². The van der Waals surface area contributed by atoms with Crippen molar-refractivity contribution in [2.24, 2.45) is 10.8 Å². The van der Waals surface area contributed by atoms with Gasteiger partial charge in [0.05, 0.1) is 0 Å². The van der Waals surface area contributed by atoms with E-state index in [2.05, 4.69) is 79.7 Å². The molecule has 2 heteroatoms. The number of benzene rings is 2. The molecule has 0 radical (unpaired) electrons. The van der Waals surface area contributed by atoms with Gasteiger partial charge in [-0.25, -0.2) is 0 Å². The fraction of sp³-hybridized carbons (Fsp3) is 0.538. The van der Waals surface area contributed by atoms with Crippen LogP contribution in [-0.4, -0.2) is 6.79 Å². The summed E-state index contributed by atoms with van der Waals surface area (Å²) in [5, 5.41) is 0. The number of ether oxygens (including phenoxy) is 2. The number of fused-ring (bicyclic) bond motifs is 1. The fourth-order valence-electron chi connectivity index (χ4n) is 2.83. The highest BCUT2D eigenvalue weighted by Gasteiger charge is 2.47. The number of hydrogen-bond acceptors (Lipinski definition) is 2. The van der Waals surface area contributed by atoms with Crippen molar-refractivity contribution in [2.45, 2.75) is 73.6 Å². The van der Waals surface area contributed by atoms with Crippen LogP contribution in [0.15, 0.2) is 48.5 Å². The van der Waals surface area contributed by atoms with E-state index in [1.165, 1.54) is 24.0 Å². The summed E-state index contributed by atoms with van der Waals surface area (Å²) in [5.74, 6) is 1.72. The van der Waals surface area contributed by atoms with Crippen LogP contribution in [0.2, 0.25) is 0 Å². The van der Waals surface area contributed by atoms with E-state index in [4.69, 9.17) is 9.47 Å².